The molecule has 1 fully saturated rings. The Bertz CT molecular complexity index is 436. The third-order valence-electron chi connectivity index (χ3n) is 2.78. The lowest BCUT2D eigenvalue weighted by Crippen LogP contribution is -2.52. The third-order valence-corrected chi connectivity index (χ3v) is 4.26. The quantitative estimate of drug-likeness (QED) is 0.787. The van der Waals surface area contributed by atoms with Crippen LogP contribution in [0.3, 0.4) is 0 Å². The average molecular weight is 287 g/mol. The van der Waals surface area contributed by atoms with E-state index in [1.165, 1.54) is 11.8 Å². The zero-order valence-corrected chi connectivity index (χ0v) is 11.6. The molecule has 6 heteroatoms. The SMILES string of the molecule is CC(CSc1ccc(Cl)cn1)(NC1CC1)C(=O)O. The summed E-state index contributed by atoms with van der Waals surface area (Å²) in [5.41, 5.74) is -0.910. The third kappa shape index (κ3) is 3.60. The summed E-state index contributed by atoms with van der Waals surface area (Å²) in [5.74, 6) is -0.385. The first-order valence-corrected chi connectivity index (χ1v) is 7.11. The lowest BCUT2D eigenvalue weighted by atomic mass is 10.1. The van der Waals surface area contributed by atoms with Gasteiger partial charge >= 0.3 is 5.97 Å². The Morgan fingerprint density at radius 3 is 2.89 bits per heavy atom. The highest BCUT2D eigenvalue weighted by atomic mass is 35.5. The van der Waals surface area contributed by atoms with Crippen molar-refractivity contribution in [1.29, 1.82) is 0 Å². The number of rotatable bonds is 6. The van der Waals surface area contributed by atoms with E-state index in [0.29, 0.717) is 16.8 Å². The van der Waals surface area contributed by atoms with Gasteiger partial charge < -0.3 is 5.11 Å². The van der Waals surface area contributed by atoms with Crippen molar-refractivity contribution in [2.24, 2.45) is 0 Å². The van der Waals surface area contributed by atoms with Crippen LogP contribution in [-0.2, 0) is 4.79 Å². The van der Waals surface area contributed by atoms with Crippen molar-refractivity contribution in [2.75, 3.05) is 5.75 Å². The molecule has 1 aliphatic rings. The van der Waals surface area contributed by atoms with Crippen LogP contribution in [0.5, 0.6) is 0 Å². The number of halogens is 1. The van der Waals surface area contributed by atoms with Crippen molar-refractivity contribution in [3.63, 3.8) is 0 Å². The van der Waals surface area contributed by atoms with E-state index in [1.807, 2.05) is 0 Å². The Balaban J connectivity index is 1.96. The van der Waals surface area contributed by atoms with E-state index in [4.69, 9.17) is 11.6 Å². The van der Waals surface area contributed by atoms with Gasteiger partial charge in [-0.05, 0) is 31.9 Å². The van der Waals surface area contributed by atoms with Crippen molar-refractivity contribution in [3.8, 4) is 0 Å². The number of aromatic nitrogens is 1. The first-order chi connectivity index (χ1) is 8.49. The Labute approximate surface area is 115 Å². The van der Waals surface area contributed by atoms with Crippen molar-refractivity contribution >= 4 is 29.3 Å². The lowest BCUT2D eigenvalue weighted by molar-refractivity contribution is -0.143. The predicted octanol–water partition coefficient (Wildman–Crippen LogP) is 2.42. The van der Waals surface area contributed by atoms with Gasteiger partial charge in [-0.1, -0.05) is 11.6 Å². The van der Waals surface area contributed by atoms with E-state index < -0.39 is 11.5 Å². The maximum absolute atomic E-state index is 11.3. The Morgan fingerprint density at radius 2 is 2.39 bits per heavy atom. The van der Waals surface area contributed by atoms with Crippen LogP contribution in [-0.4, -0.2) is 33.4 Å². The number of nitrogens with one attached hydrogen (secondary N) is 1. The summed E-state index contributed by atoms with van der Waals surface area (Å²) in [6.45, 7) is 1.72. The first-order valence-electron chi connectivity index (χ1n) is 5.75. The number of pyridine rings is 1. The van der Waals surface area contributed by atoms with Crippen LogP contribution in [0.2, 0.25) is 5.02 Å². The van der Waals surface area contributed by atoms with Gasteiger partial charge in [0.1, 0.15) is 5.54 Å². The van der Waals surface area contributed by atoms with Gasteiger partial charge in [-0.15, -0.1) is 11.8 Å². The summed E-state index contributed by atoms with van der Waals surface area (Å²) >= 11 is 7.17. The van der Waals surface area contributed by atoms with E-state index in [0.717, 1.165) is 17.9 Å². The maximum Gasteiger partial charge on any atom is 0.324 e. The van der Waals surface area contributed by atoms with Gasteiger partial charge in [0.2, 0.25) is 0 Å². The summed E-state index contributed by atoms with van der Waals surface area (Å²) in [7, 11) is 0. The summed E-state index contributed by atoms with van der Waals surface area (Å²) in [6.07, 6.45) is 3.69. The van der Waals surface area contributed by atoms with Crippen molar-refractivity contribution in [3.05, 3.63) is 23.4 Å². The molecule has 1 atom stereocenters. The van der Waals surface area contributed by atoms with E-state index >= 15 is 0 Å². The molecule has 98 valence electrons. The molecule has 18 heavy (non-hydrogen) atoms. The molecule has 4 nitrogen and oxygen atoms in total. The second-order valence-electron chi connectivity index (χ2n) is 4.66. The fourth-order valence-corrected chi connectivity index (χ4v) is 2.56. The fraction of sp³-hybridized carbons (Fsp3) is 0.500. The van der Waals surface area contributed by atoms with Gasteiger partial charge in [0.25, 0.3) is 0 Å². The molecule has 0 amide bonds. The van der Waals surface area contributed by atoms with Crippen molar-refractivity contribution in [1.82, 2.24) is 10.3 Å². The fourth-order valence-electron chi connectivity index (χ4n) is 1.51. The second-order valence-corrected chi connectivity index (χ2v) is 6.09. The molecule has 0 bridgehead atoms. The molecule has 0 radical (unpaired) electrons. The predicted molar refractivity (Wildman–Crippen MR) is 72.2 cm³/mol. The first kappa shape index (κ1) is 13.6. The number of thioether (sulfide) groups is 1. The molecule has 0 aliphatic heterocycles. The van der Waals surface area contributed by atoms with E-state index in [-0.39, 0.29) is 0 Å². The minimum Gasteiger partial charge on any atom is -0.480 e. The number of carboxylic acid groups (broad SMARTS) is 1. The molecule has 2 rings (SSSR count). The number of carboxylic acids is 1. The summed E-state index contributed by atoms with van der Waals surface area (Å²) < 4.78 is 0. The van der Waals surface area contributed by atoms with Gasteiger partial charge in [0.05, 0.1) is 10.0 Å². The molecule has 1 aromatic heterocycles. The van der Waals surface area contributed by atoms with Gasteiger partial charge in [-0.3, -0.25) is 10.1 Å². The maximum atomic E-state index is 11.3. The number of hydrogen-bond donors (Lipinski definition) is 2. The molecule has 1 unspecified atom stereocenters. The van der Waals surface area contributed by atoms with Gasteiger partial charge in [0, 0.05) is 18.0 Å². The van der Waals surface area contributed by atoms with Crippen LogP contribution in [0.25, 0.3) is 0 Å². The summed E-state index contributed by atoms with van der Waals surface area (Å²) in [5, 5.41) is 13.9. The monoisotopic (exact) mass is 286 g/mol. The molecular formula is C12H15ClN2O2S. The summed E-state index contributed by atoms with van der Waals surface area (Å²) in [4.78, 5) is 15.5. The Hall–Kier alpha value is -0.780. The van der Waals surface area contributed by atoms with Crippen LogP contribution in [0.1, 0.15) is 19.8 Å². The second kappa shape index (κ2) is 5.47. The standard InChI is InChI=1S/C12H15ClN2O2S/c1-12(11(16)17,15-9-3-4-9)7-18-10-5-2-8(13)6-14-10/h2,5-6,9,15H,3-4,7H2,1H3,(H,16,17). The van der Waals surface area contributed by atoms with Gasteiger partial charge in [-0.25, -0.2) is 4.98 Å². The Kier molecular flexibility index (Phi) is 4.14. The number of aliphatic carboxylic acids is 1. The van der Waals surface area contributed by atoms with Crippen molar-refractivity contribution in [2.45, 2.75) is 36.4 Å². The Morgan fingerprint density at radius 1 is 1.67 bits per heavy atom. The summed E-state index contributed by atoms with van der Waals surface area (Å²) in [6, 6.07) is 3.90. The normalized spacial score (nSPS) is 18.3. The lowest BCUT2D eigenvalue weighted by Gasteiger charge is -2.25. The highest BCUT2D eigenvalue weighted by Crippen LogP contribution is 2.27. The molecule has 1 aromatic rings. The van der Waals surface area contributed by atoms with Crippen LogP contribution in [0.15, 0.2) is 23.4 Å². The molecule has 0 aromatic carbocycles. The molecule has 0 saturated heterocycles. The number of carbonyl (C=O) groups is 1. The zero-order chi connectivity index (χ0) is 13.2. The molecule has 1 aliphatic carbocycles. The number of nitrogens with zero attached hydrogens (tertiary/aromatic N) is 1. The van der Waals surface area contributed by atoms with E-state index in [1.54, 1.807) is 25.3 Å². The van der Waals surface area contributed by atoms with Gasteiger partial charge in [-0.2, -0.15) is 0 Å². The van der Waals surface area contributed by atoms with Crippen LogP contribution < -0.4 is 5.32 Å². The van der Waals surface area contributed by atoms with Gasteiger partial charge in [0.15, 0.2) is 0 Å². The molecule has 1 heterocycles. The van der Waals surface area contributed by atoms with Crippen LogP contribution in [0.4, 0.5) is 0 Å². The van der Waals surface area contributed by atoms with Crippen LogP contribution >= 0.6 is 23.4 Å². The highest BCUT2D eigenvalue weighted by Gasteiger charge is 2.38. The molecule has 0 spiro atoms. The van der Waals surface area contributed by atoms with E-state index in [2.05, 4.69) is 10.3 Å². The molecule has 2 N–H and O–H groups in total. The van der Waals surface area contributed by atoms with E-state index in [9.17, 15) is 9.90 Å². The molecular weight excluding hydrogens is 272 g/mol. The topological polar surface area (TPSA) is 62.2 Å². The minimum absolute atomic E-state index is 0.352. The van der Waals surface area contributed by atoms with Crippen molar-refractivity contribution < 1.29 is 9.90 Å². The molecule has 1 saturated carbocycles. The highest BCUT2D eigenvalue weighted by molar-refractivity contribution is 7.99. The average Bonchev–Trinajstić information content (AvgIpc) is 3.12. The smallest absolute Gasteiger partial charge is 0.324 e. The minimum atomic E-state index is -0.910. The zero-order valence-electron chi connectivity index (χ0n) is 10.0. The largest absolute Gasteiger partial charge is 0.480 e. The van der Waals surface area contributed by atoms with Crippen LogP contribution in [0, 0.1) is 0 Å². The number of hydrogen-bond acceptors (Lipinski definition) is 4.